The molecule has 154 valence electrons. The molecule has 1 fully saturated rings. The lowest BCUT2D eigenvalue weighted by atomic mass is 10.2. The van der Waals surface area contributed by atoms with E-state index in [-0.39, 0.29) is 17.6 Å². The molecule has 1 saturated heterocycles. The van der Waals surface area contributed by atoms with Crippen LogP contribution in [0, 0.1) is 5.82 Å². The SMILES string of the molecule is CN(Cc1ccc(F)cc1)C(=O)CN1CCCN(C(=O)c2cccc(Cl)c2)CC1. The third-order valence-corrected chi connectivity index (χ3v) is 5.30. The lowest BCUT2D eigenvalue weighted by molar-refractivity contribution is -0.131. The molecule has 1 aliphatic heterocycles. The lowest BCUT2D eigenvalue weighted by Gasteiger charge is -2.24. The predicted octanol–water partition coefficient (Wildman–Crippen LogP) is 3.29. The zero-order valence-electron chi connectivity index (χ0n) is 16.5. The monoisotopic (exact) mass is 417 g/mol. The van der Waals surface area contributed by atoms with E-state index in [1.54, 1.807) is 48.3 Å². The quantitative estimate of drug-likeness (QED) is 0.749. The summed E-state index contributed by atoms with van der Waals surface area (Å²) < 4.78 is 13.0. The summed E-state index contributed by atoms with van der Waals surface area (Å²) >= 11 is 6.00. The number of likely N-dealkylation sites (N-methyl/N-ethyl adjacent to an activating group) is 1. The van der Waals surface area contributed by atoms with Gasteiger partial charge in [0.25, 0.3) is 5.91 Å². The second-order valence-corrected chi connectivity index (χ2v) is 7.74. The number of nitrogens with zero attached hydrogens (tertiary/aromatic N) is 3. The molecule has 2 aromatic carbocycles. The van der Waals surface area contributed by atoms with Crippen molar-refractivity contribution < 1.29 is 14.0 Å². The van der Waals surface area contributed by atoms with Crippen LogP contribution in [0.5, 0.6) is 0 Å². The van der Waals surface area contributed by atoms with Crippen molar-refractivity contribution in [2.24, 2.45) is 0 Å². The average molecular weight is 418 g/mol. The Morgan fingerprint density at radius 1 is 1.07 bits per heavy atom. The number of carbonyl (C=O) groups is 2. The highest BCUT2D eigenvalue weighted by molar-refractivity contribution is 6.30. The van der Waals surface area contributed by atoms with E-state index in [2.05, 4.69) is 4.90 Å². The van der Waals surface area contributed by atoms with Crippen LogP contribution < -0.4 is 0 Å². The number of benzene rings is 2. The fraction of sp³-hybridized carbons (Fsp3) is 0.364. The molecule has 29 heavy (non-hydrogen) atoms. The van der Waals surface area contributed by atoms with Gasteiger partial charge >= 0.3 is 0 Å². The average Bonchev–Trinajstić information content (AvgIpc) is 2.94. The third-order valence-electron chi connectivity index (χ3n) is 5.06. The van der Waals surface area contributed by atoms with Crippen molar-refractivity contribution in [2.75, 3.05) is 39.8 Å². The normalized spacial score (nSPS) is 15.1. The Hall–Kier alpha value is -2.44. The molecule has 0 spiro atoms. The molecule has 0 aliphatic carbocycles. The molecule has 0 aromatic heterocycles. The van der Waals surface area contributed by atoms with Crippen LogP contribution in [0.25, 0.3) is 0 Å². The lowest BCUT2D eigenvalue weighted by Crippen LogP contribution is -2.40. The Bertz CT molecular complexity index is 859. The number of rotatable bonds is 5. The highest BCUT2D eigenvalue weighted by Gasteiger charge is 2.22. The summed E-state index contributed by atoms with van der Waals surface area (Å²) in [6, 6.07) is 13.1. The first-order valence-corrected chi connectivity index (χ1v) is 10.1. The van der Waals surface area contributed by atoms with Crippen LogP contribution >= 0.6 is 11.6 Å². The smallest absolute Gasteiger partial charge is 0.253 e. The minimum atomic E-state index is -0.288. The standard InChI is InChI=1S/C22H25ClFN3O2/c1-25(15-17-6-8-20(24)9-7-17)21(28)16-26-10-3-11-27(13-12-26)22(29)18-4-2-5-19(23)14-18/h2,4-9,14H,3,10-13,15-16H2,1H3. The van der Waals surface area contributed by atoms with Gasteiger partial charge in [-0.15, -0.1) is 0 Å². The minimum absolute atomic E-state index is 0.00365. The summed E-state index contributed by atoms with van der Waals surface area (Å²) in [5, 5.41) is 0.544. The molecule has 0 unspecified atom stereocenters. The molecule has 0 saturated carbocycles. The van der Waals surface area contributed by atoms with E-state index in [9.17, 15) is 14.0 Å². The van der Waals surface area contributed by atoms with Gasteiger partial charge in [0, 0.05) is 50.4 Å². The predicted molar refractivity (Wildman–Crippen MR) is 111 cm³/mol. The van der Waals surface area contributed by atoms with Crippen molar-refractivity contribution in [3.05, 3.63) is 70.5 Å². The van der Waals surface area contributed by atoms with Crippen molar-refractivity contribution in [3.63, 3.8) is 0 Å². The molecule has 1 heterocycles. The van der Waals surface area contributed by atoms with Crippen LogP contribution in [-0.4, -0.2) is 66.3 Å². The molecule has 5 nitrogen and oxygen atoms in total. The third kappa shape index (κ3) is 6.02. The Labute approximate surface area is 175 Å². The van der Waals surface area contributed by atoms with Gasteiger partial charge in [-0.25, -0.2) is 4.39 Å². The maximum absolute atomic E-state index is 13.0. The summed E-state index contributed by atoms with van der Waals surface area (Å²) in [6.07, 6.45) is 0.807. The minimum Gasteiger partial charge on any atom is -0.340 e. The zero-order valence-corrected chi connectivity index (χ0v) is 17.2. The van der Waals surface area contributed by atoms with E-state index in [1.165, 1.54) is 12.1 Å². The number of halogens is 2. The van der Waals surface area contributed by atoms with Crippen molar-refractivity contribution in [2.45, 2.75) is 13.0 Å². The van der Waals surface area contributed by atoms with Crippen LogP contribution in [-0.2, 0) is 11.3 Å². The summed E-state index contributed by atoms with van der Waals surface area (Å²) in [5.41, 5.74) is 1.47. The van der Waals surface area contributed by atoms with Gasteiger partial charge in [0.2, 0.25) is 5.91 Å². The van der Waals surface area contributed by atoms with E-state index < -0.39 is 0 Å². The topological polar surface area (TPSA) is 43.9 Å². The molecule has 3 rings (SSSR count). The molecule has 0 bridgehead atoms. The highest BCUT2D eigenvalue weighted by Crippen LogP contribution is 2.14. The second-order valence-electron chi connectivity index (χ2n) is 7.31. The number of hydrogen-bond acceptors (Lipinski definition) is 3. The van der Waals surface area contributed by atoms with E-state index in [0.717, 1.165) is 18.5 Å². The van der Waals surface area contributed by atoms with Gasteiger partial charge in [0.15, 0.2) is 0 Å². The second kappa shape index (κ2) is 9.85. The van der Waals surface area contributed by atoms with E-state index >= 15 is 0 Å². The van der Waals surface area contributed by atoms with Crippen LogP contribution in [0.15, 0.2) is 48.5 Å². The Kier molecular flexibility index (Phi) is 7.23. The van der Waals surface area contributed by atoms with Crippen molar-refractivity contribution in [1.82, 2.24) is 14.7 Å². The molecule has 2 amide bonds. The van der Waals surface area contributed by atoms with Crippen molar-refractivity contribution >= 4 is 23.4 Å². The van der Waals surface area contributed by atoms with Gasteiger partial charge in [0.1, 0.15) is 5.82 Å². The van der Waals surface area contributed by atoms with Crippen molar-refractivity contribution in [3.8, 4) is 0 Å². The fourth-order valence-electron chi connectivity index (χ4n) is 3.40. The summed E-state index contributed by atoms with van der Waals surface area (Å²) in [5.74, 6) is -0.317. The van der Waals surface area contributed by atoms with Gasteiger partial charge in [-0.3, -0.25) is 14.5 Å². The first-order chi connectivity index (χ1) is 13.9. The Morgan fingerprint density at radius 2 is 1.83 bits per heavy atom. The van der Waals surface area contributed by atoms with Crippen LogP contribution in [0.1, 0.15) is 22.3 Å². The first-order valence-electron chi connectivity index (χ1n) is 9.68. The Morgan fingerprint density at radius 3 is 2.55 bits per heavy atom. The maximum Gasteiger partial charge on any atom is 0.253 e. The number of hydrogen-bond donors (Lipinski definition) is 0. The number of amides is 2. The van der Waals surface area contributed by atoms with Crippen LogP contribution in [0.4, 0.5) is 4.39 Å². The summed E-state index contributed by atoms with van der Waals surface area (Å²) in [7, 11) is 1.75. The van der Waals surface area contributed by atoms with E-state index in [1.807, 2.05) is 4.90 Å². The molecular formula is C22H25ClFN3O2. The molecule has 0 N–H and O–H groups in total. The van der Waals surface area contributed by atoms with Crippen LogP contribution in [0.3, 0.4) is 0 Å². The highest BCUT2D eigenvalue weighted by atomic mass is 35.5. The molecule has 0 radical (unpaired) electrons. The zero-order chi connectivity index (χ0) is 20.8. The number of carbonyl (C=O) groups excluding carboxylic acids is 2. The van der Waals surface area contributed by atoms with Crippen LogP contribution in [0.2, 0.25) is 5.02 Å². The van der Waals surface area contributed by atoms with Gasteiger partial charge in [-0.1, -0.05) is 29.8 Å². The van der Waals surface area contributed by atoms with Gasteiger partial charge < -0.3 is 9.80 Å². The Balaban J connectivity index is 1.51. The fourth-order valence-corrected chi connectivity index (χ4v) is 3.59. The summed E-state index contributed by atoms with van der Waals surface area (Å²) in [6.45, 7) is 3.36. The van der Waals surface area contributed by atoms with E-state index in [4.69, 9.17) is 11.6 Å². The molecule has 0 atom stereocenters. The first kappa shape index (κ1) is 21.3. The molecule has 1 aliphatic rings. The van der Waals surface area contributed by atoms with Gasteiger partial charge in [0.05, 0.1) is 6.54 Å². The van der Waals surface area contributed by atoms with Crippen molar-refractivity contribution in [1.29, 1.82) is 0 Å². The van der Waals surface area contributed by atoms with E-state index in [0.29, 0.717) is 43.3 Å². The summed E-state index contributed by atoms with van der Waals surface area (Å²) in [4.78, 5) is 30.8. The molecular weight excluding hydrogens is 393 g/mol. The largest absolute Gasteiger partial charge is 0.340 e. The molecule has 7 heteroatoms. The molecule has 2 aromatic rings. The van der Waals surface area contributed by atoms with Gasteiger partial charge in [-0.2, -0.15) is 0 Å². The maximum atomic E-state index is 13.0. The van der Waals surface area contributed by atoms with Gasteiger partial charge in [-0.05, 0) is 42.3 Å².